The van der Waals surface area contributed by atoms with Gasteiger partial charge in [-0.3, -0.25) is 6.92 Å². The smallest absolute Gasteiger partial charge is 0.682 e. The van der Waals surface area contributed by atoms with Crippen molar-refractivity contribution in [1.29, 1.82) is 0 Å². The molecule has 10 radical (unpaired) electrons. The van der Waals surface area contributed by atoms with E-state index in [1.165, 1.54) is 0 Å². The van der Waals surface area contributed by atoms with Gasteiger partial charge in [-0.1, -0.05) is 116 Å². The second-order valence-electron chi connectivity index (χ2n) is 10.9. The summed E-state index contributed by atoms with van der Waals surface area (Å²) in [7, 11) is -1.85. The number of benzene rings is 3. The van der Waals surface area contributed by atoms with Crippen LogP contribution in [0.5, 0.6) is 0 Å². The van der Waals surface area contributed by atoms with Gasteiger partial charge in [0.25, 0.3) is 0 Å². The molecule has 1 saturated heterocycles. The van der Waals surface area contributed by atoms with Crippen molar-refractivity contribution in [3.8, 4) is 0 Å². The summed E-state index contributed by atoms with van der Waals surface area (Å²) in [6.07, 6.45) is 19.5. The fourth-order valence-corrected chi connectivity index (χ4v) is 6.73. The quantitative estimate of drug-likeness (QED) is 0.200. The van der Waals surface area contributed by atoms with Gasteiger partial charge in [0.1, 0.15) is 12.2 Å². The van der Waals surface area contributed by atoms with E-state index >= 15 is 0 Å². The third-order valence-corrected chi connectivity index (χ3v) is 8.78. The van der Waals surface area contributed by atoms with Crippen LogP contribution in [0.1, 0.15) is 23.3 Å². The van der Waals surface area contributed by atoms with Crippen molar-refractivity contribution in [3.05, 3.63) is 179 Å². The Bertz CT molecular complexity index is 1030. The first-order valence-electron chi connectivity index (χ1n) is 13.8. The molecule has 1 aliphatic heterocycles. The first-order chi connectivity index (χ1) is 19.4. The maximum atomic E-state index is 6.67. The minimum absolute atomic E-state index is 0. The van der Waals surface area contributed by atoms with Gasteiger partial charge in [-0.05, 0) is 75.3 Å². The SMILES string of the molecule is [CH2-]C1([C@H]([N-]c2ccccc2)[Si](C)(C)C)O[C@H](c2ccccc2)[C@@H](c2ccccc2)O1.[CH]1[CH][CH][CH][CH]1.[CH]1[CH][CH][CH][CH]1.[Zr+2]. The van der Waals surface area contributed by atoms with E-state index < -0.39 is 13.9 Å². The molecule has 3 atom stereocenters. The van der Waals surface area contributed by atoms with E-state index in [1.807, 2.05) is 131 Å². The van der Waals surface area contributed by atoms with Gasteiger partial charge in [-0.25, -0.2) is 0 Å². The molecule has 0 aromatic heterocycles. The predicted molar refractivity (Wildman–Crippen MR) is 168 cm³/mol. The number of hydrogen-bond donors (Lipinski definition) is 0. The molecule has 41 heavy (non-hydrogen) atoms. The monoisotopic (exact) mass is 635 g/mol. The minimum Gasteiger partial charge on any atom is -0.682 e. The summed E-state index contributed by atoms with van der Waals surface area (Å²) in [5.74, 6) is -1.05. The zero-order valence-electron chi connectivity index (χ0n) is 24.1. The largest absolute Gasteiger partial charge is 2.00 e. The third-order valence-electron chi connectivity index (χ3n) is 6.57. The van der Waals surface area contributed by atoms with E-state index in [0.717, 1.165) is 16.8 Å². The molecule has 0 bridgehead atoms. The van der Waals surface area contributed by atoms with Gasteiger partial charge in [0.2, 0.25) is 0 Å². The van der Waals surface area contributed by atoms with Crippen molar-refractivity contribution in [1.82, 2.24) is 0 Å². The van der Waals surface area contributed by atoms with Crippen LogP contribution in [-0.4, -0.2) is 19.5 Å². The maximum Gasteiger partial charge on any atom is 2.00 e. The molecule has 0 spiro atoms. The number of hydrogen-bond acceptors (Lipinski definition) is 2. The molecule has 0 unspecified atom stereocenters. The average molecular weight is 637 g/mol. The first-order valence-corrected chi connectivity index (χ1v) is 17.3. The van der Waals surface area contributed by atoms with E-state index in [1.54, 1.807) is 0 Å². The molecular weight excluding hydrogens is 598 g/mol. The standard InChI is InChI=1S/C26H29NO2Si.2C5H5.Zr/c1-26(25(30(2,3)4)27-22-18-12-7-13-19-22)28-23(20-14-8-5-9-15-20)24(29-26)21-16-10-6-11-17-21;2*1-2-4-5-3-1;/h5-19,23-25H,1H2,2-4H3;2*1-5H;/q-2;;;+2/t23-,24-,25-;;;/m1.../s1. The molecule has 6 rings (SSSR count). The van der Waals surface area contributed by atoms with Crippen LogP contribution in [0.25, 0.3) is 5.32 Å². The van der Waals surface area contributed by atoms with Gasteiger partial charge in [0, 0.05) is 13.9 Å². The number of para-hydroxylation sites is 1. The fourth-order valence-electron chi connectivity index (χ4n) is 4.74. The normalized spacial score (nSPS) is 21.9. The minimum atomic E-state index is -1.85. The molecule has 0 N–H and O–H groups in total. The van der Waals surface area contributed by atoms with Crippen molar-refractivity contribution in [2.24, 2.45) is 0 Å². The van der Waals surface area contributed by atoms with Crippen LogP contribution in [0.15, 0.2) is 91.0 Å². The van der Waals surface area contributed by atoms with E-state index in [2.05, 4.69) is 50.8 Å². The molecule has 0 amide bonds. The van der Waals surface area contributed by atoms with Gasteiger partial charge in [0.05, 0.1) is 0 Å². The van der Waals surface area contributed by atoms with Gasteiger partial charge in [0.15, 0.2) is 0 Å². The van der Waals surface area contributed by atoms with Gasteiger partial charge in [-0.2, -0.15) is 0 Å². The Balaban J connectivity index is 0.000000352. The molecule has 3 aromatic carbocycles. The Morgan fingerprint density at radius 2 is 0.902 bits per heavy atom. The van der Waals surface area contributed by atoms with Crippen molar-refractivity contribution < 1.29 is 35.7 Å². The zero-order chi connectivity index (χ0) is 28.3. The number of rotatable bonds is 6. The van der Waals surface area contributed by atoms with Crippen LogP contribution >= 0.6 is 0 Å². The Hall–Kier alpha value is -1.52. The van der Waals surface area contributed by atoms with Crippen LogP contribution < -0.4 is 0 Å². The van der Waals surface area contributed by atoms with Crippen molar-refractivity contribution in [3.63, 3.8) is 0 Å². The molecule has 1 heterocycles. The predicted octanol–water partition coefficient (Wildman–Crippen LogP) is 9.04. The molecule has 2 aliphatic carbocycles. The number of nitrogens with zero attached hydrogens (tertiary/aromatic N) is 1. The summed E-state index contributed by atoms with van der Waals surface area (Å²) < 4.78 is 13.3. The Morgan fingerprint density at radius 3 is 1.22 bits per heavy atom. The third kappa shape index (κ3) is 10.3. The van der Waals surface area contributed by atoms with Gasteiger partial charge < -0.3 is 14.8 Å². The van der Waals surface area contributed by atoms with E-state index in [9.17, 15) is 0 Å². The van der Waals surface area contributed by atoms with E-state index in [0.29, 0.717) is 0 Å². The summed E-state index contributed by atoms with van der Waals surface area (Å²) in [5.41, 5.74) is 2.95. The molecule has 3 aromatic rings. The molecule has 3 nitrogen and oxygen atoms in total. The summed E-state index contributed by atoms with van der Waals surface area (Å²) in [6, 6.07) is 30.6. The molecular formula is C36H39NO2SiZr. The first kappa shape index (κ1) is 34.0. The zero-order valence-corrected chi connectivity index (χ0v) is 27.6. The summed E-state index contributed by atoms with van der Waals surface area (Å²) in [5, 5.41) is 5.09. The Morgan fingerprint density at radius 1 is 0.585 bits per heavy atom. The Kier molecular flexibility index (Phi) is 14.0. The summed E-state index contributed by atoms with van der Waals surface area (Å²) in [6.45, 7) is 11.3. The molecule has 3 fully saturated rings. The molecule has 5 heteroatoms. The second kappa shape index (κ2) is 16.9. The van der Waals surface area contributed by atoms with Crippen molar-refractivity contribution in [2.45, 2.75) is 43.3 Å². The van der Waals surface area contributed by atoms with Gasteiger partial charge in [-0.15, -0.1) is 5.69 Å². The maximum absolute atomic E-state index is 6.67. The summed E-state index contributed by atoms with van der Waals surface area (Å²) >= 11 is 0. The second-order valence-corrected chi connectivity index (χ2v) is 16.1. The van der Waals surface area contributed by atoms with E-state index in [4.69, 9.17) is 14.8 Å². The number of ether oxygens (including phenoxy) is 2. The van der Waals surface area contributed by atoms with Crippen LogP contribution in [0.4, 0.5) is 5.69 Å². The van der Waals surface area contributed by atoms with Crippen LogP contribution in [0, 0.1) is 71.1 Å². The fraction of sp³-hybridized carbons (Fsp3) is 0.194. The van der Waals surface area contributed by atoms with Crippen LogP contribution in [0.2, 0.25) is 19.6 Å². The molecule has 2 saturated carbocycles. The molecule has 208 valence electrons. The van der Waals surface area contributed by atoms with Gasteiger partial charge >= 0.3 is 26.2 Å². The Labute approximate surface area is 270 Å². The van der Waals surface area contributed by atoms with Crippen molar-refractivity contribution >= 4 is 13.8 Å². The average Bonchev–Trinajstić information content (AvgIpc) is 3.78. The van der Waals surface area contributed by atoms with Crippen LogP contribution in [0.3, 0.4) is 0 Å². The topological polar surface area (TPSA) is 32.6 Å². The van der Waals surface area contributed by atoms with Crippen LogP contribution in [-0.2, 0) is 35.7 Å². The molecule has 3 aliphatic rings. The summed E-state index contributed by atoms with van der Waals surface area (Å²) in [4.78, 5) is 0. The van der Waals surface area contributed by atoms with Crippen molar-refractivity contribution in [2.75, 3.05) is 0 Å². The van der Waals surface area contributed by atoms with E-state index in [-0.39, 0.29) is 44.1 Å².